The highest BCUT2D eigenvalue weighted by Crippen LogP contribution is 2.21. The lowest BCUT2D eigenvalue weighted by Crippen LogP contribution is -2.23. The molecule has 1 amide bonds. The Bertz CT molecular complexity index is 724. The number of rotatable bonds is 5. The molecule has 0 heterocycles. The van der Waals surface area contributed by atoms with Crippen molar-refractivity contribution in [1.29, 1.82) is 0 Å². The Balaban J connectivity index is 2.07. The Hall–Kier alpha value is -2.89. The third-order valence-corrected chi connectivity index (χ3v) is 3.53. The predicted molar refractivity (Wildman–Crippen MR) is 84.2 cm³/mol. The first-order valence-electron chi connectivity index (χ1n) is 7.21. The van der Waals surface area contributed by atoms with Gasteiger partial charge >= 0.3 is 0 Å². The van der Waals surface area contributed by atoms with E-state index >= 15 is 0 Å². The van der Waals surface area contributed by atoms with Crippen LogP contribution in [0.1, 0.15) is 41.3 Å². The average molecular weight is 313 g/mol. The van der Waals surface area contributed by atoms with Crippen molar-refractivity contribution in [3.05, 3.63) is 69.3 Å². The van der Waals surface area contributed by atoms with Crippen molar-refractivity contribution in [2.24, 2.45) is 0 Å². The van der Waals surface area contributed by atoms with Gasteiger partial charge in [0.1, 0.15) is 0 Å². The summed E-state index contributed by atoms with van der Waals surface area (Å²) >= 11 is 0. The van der Waals surface area contributed by atoms with Gasteiger partial charge in [-0.15, -0.1) is 5.75 Å². The predicted octanol–water partition coefficient (Wildman–Crippen LogP) is 2.72. The number of hydrogen-bond acceptors (Lipinski definition) is 4. The van der Waals surface area contributed by atoms with Gasteiger partial charge in [0.25, 0.3) is 11.6 Å². The molecule has 0 bridgehead atoms. The molecular weight excluding hydrogens is 296 g/mol. The number of amides is 1. The van der Waals surface area contributed by atoms with E-state index in [1.165, 1.54) is 6.07 Å². The zero-order valence-electron chi connectivity index (χ0n) is 12.9. The number of hydrogen-bond donors (Lipinski definition) is 1. The zero-order valence-corrected chi connectivity index (χ0v) is 12.9. The molecule has 2 aromatic rings. The summed E-state index contributed by atoms with van der Waals surface area (Å²) in [4.78, 5) is 22.2. The van der Waals surface area contributed by atoms with Crippen LogP contribution in [0, 0.1) is 10.1 Å². The van der Waals surface area contributed by atoms with E-state index in [9.17, 15) is 20.0 Å². The lowest BCUT2D eigenvalue weighted by molar-refractivity contribution is -0.385. The lowest BCUT2D eigenvalue weighted by Gasteiger charge is -2.14. The van der Waals surface area contributed by atoms with Crippen LogP contribution in [0.5, 0.6) is 5.75 Å². The van der Waals surface area contributed by atoms with E-state index in [-0.39, 0.29) is 29.5 Å². The second-order valence-corrected chi connectivity index (χ2v) is 5.51. The minimum Gasteiger partial charge on any atom is -0.872 e. The fraction of sp³-hybridized carbons (Fsp3) is 0.235. The van der Waals surface area contributed by atoms with Crippen molar-refractivity contribution in [1.82, 2.24) is 5.32 Å². The average Bonchev–Trinajstić information content (AvgIpc) is 2.53. The number of nitrogens with one attached hydrogen (secondary N) is 1. The van der Waals surface area contributed by atoms with Crippen LogP contribution < -0.4 is 10.4 Å². The SMILES string of the molecule is CC(C)c1ccc(C(=O)NCc2cc([N+](=O)[O-])ccc2[O-])cc1. The molecule has 0 atom stereocenters. The molecule has 0 saturated heterocycles. The van der Waals surface area contributed by atoms with Gasteiger partial charge in [-0.2, -0.15) is 0 Å². The van der Waals surface area contributed by atoms with Crippen LogP contribution in [-0.4, -0.2) is 10.8 Å². The standard InChI is InChI=1S/C17H18N2O4/c1-11(2)12-3-5-13(6-4-12)17(21)18-10-14-9-15(19(22)23)7-8-16(14)20/h3-9,11,20H,10H2,1-2H3,(H,18,21)/p-1. The molecule has 23 heavy (non-hydrogen) atoms. The Labute approximate surface area is 133 Å². The van der Waals surface area contributed by atoms with Crippen LogP contribution in [0.25, 0.3) is 0 Å². The third-order valence-electron chi connectivity index (χ3n) is 3.53. The third kappa shape index (κ3) is 4.06. The summed E-state index contributed by atoms with van der Waals surface area (Å²) in [5, 5.41) is 25.0. The Morgan fingerprint density at radius 3 is 2.39 bits per heavy atom. The maximum absolute atomic E-state index is 12.1. The molecule has 120 valence electrons. The Morgan fingerprint density at radius 2 is 1.83 bits per heavy atom. The molecule has 0 saturated carbocycles. The second-order valence-electron chi connectivity index (χ2n) is 5.51. The van der Waals surface area contributed by atoms with Crippen molar-refractivity contribution < 1.29 is 14.8 Å². The largest absolute Gasteiger partial charge is 0.872 e. The fourth-order valence-electron chi connectivity index (χ4n) is 2.11. The van der Waals surface area contributed by atoms with Crippen LogP contribution in [-0.2, 0) is 6.54 Å². The van der Waals surface area contributed by atoms with Crippen LogP contribution in [0.4, 0.5) is 5.69 Å². The van der Waals surface area contributed by atoms with Gasteiger partial charge in [0.2, 0.25) is 0 Å². The first-order chi connectivity index (χ1) is 10.9. The summed E-state index contributed by atoms with van der Waals surface area (Å²) in [5.41, 5.74) is 1.62. The maximum atomic E-state index is 12.1. The highest BCUT2D eigenvalue weighted by molar-refractivity contribution is 5.94. The molecule has 0 spiro atoms. The summed E-state index contributed by atoms with van der Waals surface area (Å²) in [7, 11) is 0. The molecule has 0 aliphatic heterocycles. The molecule has 1 N–H and O–H groups in total. The molecule has 6 nitrogen and oxygen atoms in total. The molecule has 0 aliphatic rings. The second kappa shape index (κ2) is 6.91. The molecular formula is C17H17N2O4-. The van der Waals surface area contributed by atoms with Gasteiger partial charge < -0.3 is 10.4 Å². The van der Waals surface area contributed by atoms with Crippen molar-refractivity contribution in [3.8, 4) is 5.75 Å². The zero-order chi connectivity index (χ0) is 17.0. The van der Waals surface area contributed by atoms with Gasteiger partial charge in [-0.05, 0) is 29.2 Å². The van der Waals surface area contributed by atoms with E-state index < -0.39 is 4.92 Å². The van der Waals surface area contributed by atoms with E-state index in [1.807, 2.05) is 12.1 Å². The summed E-state index contributed by atoms with van der Waals surface area (Å²) in [6, 6.07) is 10.7. The van der Waals surface area contributed by atoms with Gasteiger partial charge in [0.15, 0.2) is 0 Å². The first kappa shape index (κ1) is 16.5. The van der Waals surface area contributed by atoms with E-state index in [0.29, 0.717) is 11.5 Å². The van der Waals surface area contributed by atoms with E-state index in [2.05, 4.69) is 19.2 Å². The summed E-state index contributed by atoms with van der Waals surface area (Å²) in [5.74, 6) is -0.294. The van der Waals surface area contributed by atoms with Crippen LogP contribution in [0.15, 0.2) is 42.5 Å². The van der Waals surface area contributed by atoms with Gasteiger partial charge in [0, 0.05) is 24.2 Å². The number of nitro groups is 1. The highest BCUT2D eigenvalue weighted by Gasteiger charge is 2.09. The van der Waals surface area contributed by atoms with Crippen molar-refractivity contribution in [2.75, 3.05) is 0 Å². The smallest absolute Gasteiger partial charge is 0.269 e. The summed E-state index contributed by atoms with van der Waals surface area (Å²) in [6.07, 6.45) is 0. The molecule has 6 heteroatoms. The van der Waals surface area contributed by atoms with Gasteiger partial charge in [0.05, 0.1) is 4.92 Å². The number of nitro benzene ring substituents is 1. The molecule has 0 fully saturated rings. The van der Waals surface area contributed by atoms with Crippen molar-refractivity contribution >= 4 is 11.6 Å². The van der Waals surface area contributed by atoms with Crippen LogP contribution in [0.3, 0.4) is 0 Å². The number of nitrogens with zero attached hydrogens (tertiary/aromatic N) is 1. The van der Waals surface area contributed by atoms with Gasteiger partial charge in [-0.3, -0.25) is 14.9 Å². The minimum absolute atomic E-state index is 0.0503. The highest BCUT2D eigenvalue weighted by atomic mass is 16.6. The minimum atomic E-state index is -0.574. The number of benzene rings is 2. The molecule has 2 rings (SSSR count). The fourth-order valence-corrected chi connectivity index (χ4v) is 2.11. The van der Waals surface area contributed by atoms with Crippen molar-refractivity contribution in [2.45, 2.75) is 26.3 Å². The van der Waals surface area contributed by atoms with Gasteiger partial charge in [-0.1, -0.05) is 32.0 Å². The lowest BCUT2D eigenvalue weighted by atomic mass is 10.0. The Kier molecular flexibility index (Phi) is 4.95. The molecule has 0 aliphatic carbocycles. The van der Waals surface area contributed by atoms with E-state index in [0.717, 1.165) is 17.7 Å². The Morgan fingerprint density at radius 1 is 1.17 bits per heavy atom. The molecule has 0 unspecified atom stereocenters. The normalized spacial score (nSPS) is 10.6. The maximum Gasteiger partial charge on any atom is 0.269 e. The monoisotopic (exact) mass is 313 g/mol. The first-order valence-corrected chi connectivity index (χ1v) is 7.21. The summed E-state index contributed by atoms with van der Waals surface area (Å²) < 4.78 is 0. The number of non-ortho nitro benzene ring substituents is 1. The number of carbonyl (C=O) groups is 1. The van der Waals surface area contributed by atoms with Crippen LogP contribution in [0.2, 0.25) is 0 Å². The molecule has 2 aromatic carbocycles. The molecule has 0 aromatic heterocycles. The topological polar surface area (TPSA) is 95.3 Å². The van der Waals surface area contributed by atoms with Crippen molar-refractivity contribution in [3.63, 3.8) is 0 Å². The summed E-state index contributed by atoms with van der Waals surface area (Å²) in [6.45, 7) is 4.08. The van der Waals surface area contributed by atoms with Crippen LogP contribution >= 0.6 is 0 Å². The number of carbonyl (C=O) groups excluding carboxylic acids is 1. The quantitative estimate of drug-likeness (QED) is 0.678. The van der Waals surface area contributed by atoms with E-state index in [1.54, 1.807) is 12.1 Å². The van der Waals surface area contributed by atoms with Gasteiger partial charge in [-0.25, -0.2) is 0 Å². The van der Waals surface area contributed by atoms with E-state index in [4.69, 9.17) is 0 Å². The molecule has 0 radical (unpaired) electrons.